The lowest BCUT2D eigenvalue weighted by atomic mass is 9.78. The predicted molar refractivity (Wildman–Crippen MR) is 190 cm³/mol. The number of aromatic nitrogens is 3. The number of thioether (sulfide) groups is 1. The molecule has 46 heavy (non-hydrogen) atoms. The number of benzene rings is 6. The third kappa shape index (κ3) is 3.74. The Morgan fingerprint density at radius 2 is 1.17 bits per heavy atom. The molecule has 10 rings (SSSR count). The fourth-order valence-electron chi connectivity index (χ4n) is 7.60. The van der Waals surface area contributed by atoms with Gasteiger partial charge in [-0.15, -0.1) is 11.8 Å². The van der Waals surface area contributed by atoms with Crippen molar-refractivity contribution in [2.75, 3.05) is 0 Å². The van der Waals surface area contributed by atoms with E-state index in [4.69, 9.17) is 9.97 Å². The molecule has 3 nitrogen and oxygen atoms in total. The van der Waals surface area contributed by atoms with Gasteiger partial charge >= 0.3 is 0 Å². The average Bonchev–Trinajstić information content (AvgIpc) is 3.69. The number of hydrogen-bond acceptors (Lipinski definition) is 3. The van der Waals surface area contributed by atoms with E-state index in [0.717, 1.165) is 28.0 Å². The zero-order valence-corrected chi connectivity index (χ0v) is 25.7. The lowest BCUT2D eigenvalue weighted by Crippen LogP contribution is -2.17. The maximum Gasteiger partial charge on any atom is 0.235 e. The van der Waals surface area contributed by atoms with Crippen LogP contribution in [0.4, 0.5) is 0 Å². The maximum atomic E-state index is 5.35. The van der Waals surface area contributed by atoms with Crippen LogP contribution in [0.2, 0.25) is 0 Å². The highest BCUT2D eigenvalue weighted by Gasteiger charge is 2.45. The summed E-state index contributed by atoms with van der Waals surface area (Å²) in [4.78, 5) is 12.1. The molecular weight excluding hydrogens is 579 g/mol. The molecule has 3 heterocycles. The molecule has 1 aliphatic carbocycles. The van der Waals surface area contributed by atoms with Crippen molar-refractivity contribution in [1.29, 1.82) is 0 Å². The van der Waals surface area contributed by atoms with E-state index in [1.54, 1.807) is 0 Å². The van der Waals surface area contributed by atoms with E-state index in [2.05, 4.69) is 156 Å². The van der Waals surface area contributed by atoms with Crippen LogP contribution >= 0.6 is 11.8 Å². The molecule has 0 bridgehead atoms. The van der Waals surface area contributed by atoms with Gasteiger partial charge in [-0.25, -0.2) is 9.97 Å². The first-order valence-electron chi connectivity index (χ1n) is 15.7. The van der Waals surface area contributed by atoms with E-state index in [1.807, 2.05) is 11.8 Å². The Balaban J connectivity index is 1.32. The number of hydrogen-bond donors (Lipinski definition) is 0. The Morgan fingerprint density at radius 3 is 1.93 bits per heavy atom. The smallest absolute Gasteiger partial charge is 0.235 e. The van der Waals surface area contributed by atoms with E-state index in [1.165, 1.54) is 49.0 Å². The highest BCUT2D eigenvalue weighted by molar-refractivity contribution is 8.00. The summed E-state index contributed by atoms with van der Waals surface area (Å²) in [6.45, 7) is 0. The molecule has 8 aromatic rings. The highest BCUT2D eigenvalue weighted by Crippen LogP contribution is 2.65. The summed E-state index contributed by atoms with van der Waals surface area (Å²) < 4.78 is 2.38. The number of rotatable bonds is 3. The topological polar surface area (TPSA) is 30.7 Å². The van der Waals surface area contributed by atoms with Crippen molar-refractivity contribution in [3.05, 3.63) is 168 Å². The summed E-state index contributed by atoms with van der Waals surface area (Å²) in [6.07, 6.45) is 0. The molecule has 1 aliphatic heterocycles. The molecular formula is C42H27N3S. The van der Waals surface area contributed by atoms with Crippen molar-refractivity contribution >= 4 is 33.4 Å². The van der Waals surface area contributed by atoms with Gasteiger partial charge in [-0.05, 0) is 39.6 Å². The molecule has 2 aromatic heterocycles. The Kier molecular flexibility index (Phi) is 5.63. The highest BCUT2D eigenvalue weighted by atomic mass is 32.2. The van der Waals surface area contributed by atoms with E-state index >= 15 is 0 Å². The third-order valence-corrected chi connectivity index (χ3v) is 11.1. The maximum absolute atomic E-state index is 5.35. The summed E-state index contributed by atoms with van der Waals surface area (Å²) in [5.74, 6) is 0.848. The molecule has 0 saturated heterocycles. The summed E-state index contributed by atoms with van der Waals surface area (Å²) in [5, 5.41) is 4.10. The van der Waals surface area contributed by atoms with Gasteiger partial charge in [0, 0.05) is 43.8 Å². The van der Waals surface area contributed by atoms with Crippen LogP contribution < -0.4 is 0 Å². The van der Waals surface area contributed by atoms with Crippen LogP contribution in [0.1, 0.15) is 28.0 Å². The molecule has 216 valence electrons. The zero-order valence-electron chi connectivity index (χ0n) is 24.8. The van der Waals surface area contributed by atoms with Crippen LogP contribution in [0.25, 0.3) is 61.3 Å². The fraction of sp³-hybridized carbons (Fsp3) is 0.0476. The summed E-state index contributed by atoms with van der Waals surface area (Å²) in [6, 6.07) is 54.3. The monoisotopic (exact) mass is 605 g/mol. The minimum Gasteiger partial charge on any atom is -0.281 e. The molecule has 0 radical (unpaired) electrons. The normalized spacial score (nSPS) is 16.2. The quantitative estimate of drug-likeness (QED) is 0.201. The minimum atomic E-state index is 0.145. The van der Waals surface area contributed by atoms with Crippen LogP contribution in [-0.2, 0) is 0 Å². The fourth-order valence-corrected chi connectivity index (χ4v) is 9.24. The van der Waals surface area contributed by atoms with Crippen molar-refractivity contribution in [2.24, 2.45) is 0 Å². The summed E-state index contributed by atoms with van der Waals surface area (Å²) >= 11 is 2.02. The van der Waals surface area contributed by atoms with Gasteiger partial charge in [0.15, 0.2) is 0 Å². The lowest BCUT2D eigenvalue weighted by Gasteiger charge is -2.30. The summed E-state index contributed by atoms with van der Waals surface area (Å²) in [7, 11) is 0. The average molecular weight is 606 g/mol. The second-order valence-corrected chi connectivity index (χ2v) is 13.2. The molecule has 0 fully saturated rings. The molecule has 0 saturated carbocycles. The van der Waals surface area contributed by atoms with Crippen LogP contribution in [0, 0.1) is 0 Å². The van der Waals surface area contributed by atoms with Gasteiger partial charge in [0.2, 0.25) is 5.95 Å². The Labute approximate surface area is 271 Å². The standard InChI is InChI=1S/C42H27N3S/c1-3-14-27(15-4-1)34-25-35(28-16-5-2-6-17-28)44-42(43-34)45-36-22-12-11-21-32(36)37-30-19-9-10-20-31(30)41-38(39(37)45)33-24-23-26-13-7-8-18-29(26)40(33)46-41/h1-25,38,41H. The summed E-state index contributed by atoms with van der Waals surface area (Å²) in [5.41, 5.74) is 11.8. The second-order valence-electron chi connectivity index (χ2n) is 12.1. The van der Waals surface area contributed by atoms with Gasteiger partial charge in [-0.2, -0.15) is 0 Å². The molecule has 2 atom stereocenters. The van der Waals surface area contributed by atoms with Crippen molar-refractivity contribution in [2.45, 2.75) is 16.1 Å². The third-order valence-electron chi connectivity index (χ3n) is 9.59. The van der Waals surface area contributed by atoms with Gasteiger partial charge in [0.25, 0.3) is 0 Å². The van der Waals surface area contributed by atoms with Gasteiger partial charge < -0.3 is 0 Å². The molecule has 2 aliphatic rings. The minimum absolute atomic E-state index is 0.145. The molecule has 2 unspecified atom stereocenters. The number of fused-ring (bicyclic) bond motifs is 12. The molecule has 4 heteroatoms. The van der Waals surface area contributed by atoms with Crippen molar-refractivity contribution in [3.8, 4) is 39.6 Å². The van der Waals surface area contributed by atoms with Crippen LogP contribution in [-0.4, -0.2) is 14.5 Å². The van der Waals surface area contributed by atoms with E-state index in [0.29, 0.717) is 5.95 Å². The van der Waals surface area contributed by atoms with Gasteiger partial charge in [0.05, 0.1) is 16.9 Å². The molecule has 6 aromatic carbocycles. The van der Waals surface area contributed by atoms with Crippen molar-refractivity contribution < 1.29 is 0 Å². The Bertz CT molecular complexity index is 2410. The molecule has 0 N–H and O–H groups in total. The first-order chi connectivity index (χ1) is 22.8. The first kappa shape index (κ1) is 25.8. The van der Waals surface area contributed by atoms with Crippen LogP contribution in [0.3, 0.4) is 0 Å². The zero-order chi connectivity index (χ0) is 30.2. The van der Waals surface area contributed by atoms with Gasteiger partial charge in [-0.3, -0.25) is 4.57 Å². The SMILES string of the molecule is c1ccc(-c2cc(-c3ccccc3)nc(-n3c4c(c5ccccc53)-c3ccccc3C3Sc5c(ccc6ccccc56)C43)n2)cc1. The Morgan fingerprint density at radius 1 is 0.543 bits per heavy atom. The van der Waals surface area contributed by atoms with Crippen LogP contribution in [0.15, 0.2) is 157 Å². The van der Waals surface area contributed by atoms with Crippen molar-refractivity contribution in [3.63, 3.8) is 0 Å². The van der Waals surface area contributed by atoms with E-state index in [9.17, 15) is 0 Å². The Hall–Kier alpha value is -5.45. The van der Waals surface area contributed by atoms with Gasteiger partial charge in [-0.1, -0.05) is 140 Å². The predicted octanol–water partition coefficient (Wildman–Crippen LogP) is 10.9. The second kappa shape index (κ2) is 10.0. The first-order valence-corrected chi connectivity index (χ1v) is 16.6. The van der Waals surface area contributed by atoms with Crippen LogP contribution in [0.5, 0.6) is 0 Å². The van der Waals surface area contributed by atoms with Gasteiger partial charge in [0.1, 0.15) is 0 Å². The number of para-hydroxylation sites is 1. The van der Waals surface area contributed by atoms with E-state index in [-0.39, 0.29) is 11.2 Å². The molecule has 0 amide bonds. The lowest BCUT2D eigenvalue weighted by molar-refractivity contribution is 0.729. The van der Waals surface area contributed by atoms with E-state index < -0.39 is 0 Å². The number of nitrogens with zero attached hydrogens (tertiary/aromatic N) is 3. The molecule has 0 spiro atoms. The van der Waals surface area contributed by atoms with Crippen molar-refractivity contribution in [1.82, 2.24) is 14.5 Å². The largest absolute Gasteiger partial charge is 0.281 e.